The van der Waals surface area contributed by atoms with Crippen LogP contribution in [0.2, 0.25) is 0 Å². The van der Waals surface area contributed by atoms with E-state index in [-0.39, 0.29) is 0 Å². The number of aromatic nitrogens is 1. The summed E-state index contributed by atoms with van der Waals surface area (Å²) in [5.41, 5.74) is 8.43. The predicted octanol–water partition coefficient (Wildman–Crippen LogP) is 12.7. The first-order valence-corrected chi connectivity index (χ1v) is 17.3. The summed E-state index contributed by atoms with van der Waals surface area (Å²) in [4.78, 5) is 0. The number of nitriles is 1. The molecule has 0 fully saturated rings. The predicted molar refractivity (Wildman–Crippen MR) is 202 cm³/mol. The molecule has 0 atom stereocenters. The van der Waals surface area contributed by atoms with E-state index in [1.807, 2.05) is 34.8 Å². The van der Waals surface area contributed by atoms with Gasteiger partial charge in [-0.2, -0.15) is 5.26 Å². The molecule has 2 nitrogen and oxygen atoms in total. The molecule has 0 radical (unpaired) electrons. The zero-order valence-corrected chi connectivity index (χ0v) is 26.7. The molecule has 0 saturated heterocycles. The number of fused-ring (bicyclic) bond motifs is 10. The molecule has 0 unspecified atom stereocenters. The normalized spacial score (nSPS) is 11.8. The third-order valence-electron chi connectivity index (χ3n) is 9.45. The van der Waals surface area contributed by atoms with Crippen molar-refractivity contribution in [2.75, 3.05) is 0 Å². The van der Waals surface area contributed by atoms with Crippen LogP contribution in [0.4, 0.5) is 0 Å². The van der Waals surface area contributed by atoms with E-state index in [1.165, 1.54) is 62.2 Å². The van der Waals surface area contributed by atoms with Crippen LogP contribution in [0.1, 0.15) is 5.56 Å². The van der Waals surface area contributed by atoms with Gasteiger partial charge in [-0.25, -0.2) is 0 Å². The highest BCUT2D eigenvalue weighted by molar-refractivity contribution is 7.29. The van der Waals surface area contributed by atoms with Crippen molar-refractivity contribution in [3.63, 3.8) is 0 Å². The van der Waals surface area contributed by atoms with Gasteiger partial charge in [0, 0.05) is 56.7 Å². The summed E-state index contributed by atoms with van der Waals surface area (Å²) in [6, 6.07) is 54.5. The Hall–Kier alpha value is -5.73. The molecular weight excluding hydrogens is 609 g/mol. The van der Waals surface area contributed by atoms with Crippen molar-refractivity contribution >= 4 is 84.8 Å². The average molecular weight is 633 g/mol. The maximum atomic E-state index is 10.4. The second-order valence-corrected chi connectivity index (χ2v) is 14.1. The van der Waals surface area contributed by atoms with Crippen LogP contribution in [-0.4, -0.2) is 4.57 Å². The van der Waals surface area contributed by atoms with Gasteiger partial charge in [0.1, 0.15) is 0 Å². The van der Waals surface area contributed by atoms with Crippen molar-refractivity contribution in [1.82, 2.24) is 4.57 Å². The third-order valence-corrected chi connectivity index (χ3v) is 11.8. The van der Waals surface area contributed by atoms with E-state index in [0.717, 1.165) is 27.8 Å². The minimum Gasteiger partial charge on any atom is -0.309 e. The highest BCUT2D eigenvalue weighted by atomic mass is 32.1. The number of rotatable bonds is 3. The monoisotopic (exact) mass is 632 g/mol. The van der Waals surface area contributed by atoms with E-state index >= 15 is 0 Å². The molecule has 3 heterocycles. The van der Waals surface area contributed by atoms with Gasteiger partial charge in [-0.3, -0.25) is 0 Å². The summed E-state index contributed by atoms with van der Waals surface area (Å²) in [5.74, 6) is 0. The molecule has 7 aromatic carbocycles. The topological polar surface area (TPSA) is 28.7 Å². The standard InChI is InChI=1S/C43H24N2S2/c44-25-29-11-8-16-37(45-35-14-6-4-12-30(35)31-13-5-7-15-36(31)45)41(29)28-18-21-39-34(24-28)42-40(46-39)22-19-32-33-23-27(26-9-2-1-3-10-26)17-20-38(33)47-43(32)42/h1-24H. The molecule has 0 saturated carbocycles. The molecule has 0 N–H and O–H groups in total. The van der Waals surface area contributed by atoms with Gasteiger partial charge in [0.05, 0.1) is 28.4 Å². The molecule has 0 amide bonds. The number of nitrogens with zero attached hydrogens (tertiary/aromatic N) is 2. The van der Waals surface area contributed by atoms with Crippen LogP contribution < -0.4 is 0 Å². The van der Waals surface area contributed by atoms with Crippen molar-refractivity contribution in [2.45, 2.75) is 0 Å². The molecule has 4 heteroatoms. The van der Waals surface area contributed by atoms with Crippen LogP contribution in [0.5, 0.6) is 0 Å². The molecule has 0 aliphatic rings. The van der Waals surface area contributed by atoms with Crippen molar-refractivity contribution in [3.8, 4) is 34.0 Å². The van der Waals surface area contributed by atoms with Gasteiger partial charge in [-0.05, 0) is 71.3 Å². The summed E-state index contributed by atoms with van der Waals surface area (Å²) in [6.45, 7) is 0. The van der Waals surface area contributed by atoms with Crippen molar-refractivity contribution in [2.24, 2.45) is 0 Å². The highest BCUT2D eigenvalue weighted by Crippen LogP contribution is 2.47. The SMILES string of the molecule is N#Cc1cccc(-n2c3ccccc3c3ccccc32)c1-c1ccc2sc3ccc4c5cc(-c6ccccc6)ccc5sc4c3c2c1. The van der Waals surface area contributed by atoms with E-state index in [4.69, 9.17) is 0 Å². The van der Waals surface area contributed by atoms with Crippen LogP contribution in [0.15, 0.2) is 146 Å². The first kappa shape index (κ1) is 26.5. The fourth-order valence-corrected chi connectivity index (χ4v) is 9.77. The second-order valence-electron chi connectivity index (χ2n) is 12.0. The number of benzene rings is 7. The van der Waals surface area contributed by atoms with Crippen LogP contribution in [-0.2, 0) is 0 Å². The Balaban J connectivity index is 1.24. The Morgan fingerprint density at radius 3 is 1.89 bits per heavy atom. The second kappa shape index (κ2) is 10.1. The van der Waals surface area contributed by atoms with E-state index < -0.39 is 0 Å². The average Bonchev–Trinajstić information content (AvgIpc) is 3.80. The Morgan fingerprint density at radius 2 is 1.13 bits per heavy atom. The lowest BCUT2D eigenvalue weighted by Gasteiger charge is -2.15. The minimum atomic E-state index is 0.670. The smallest absolute Gasteiger partial charge is 0.0998 e. The van der Waals surface area contributed by atoms with E-state index in [0.29, 0.717) is 5.56 Å². The number of para-hydroxylation sites is 2. The minimum absolute atomic E-state index is 0.670. The quantitative estimate of drug-likeness (QED) is 0.190. The molecule has 0 spiro atoms. The highest BCUT2D eigenvalue weighted by Gasteiger charge is 2.20. The van der Waals surface area contributed by atoms with E-state index in [9.17, 15) is 5.26 Å². The van der Waals surface area contributed by atoms with Crippen LogP contribution in [0.3, 0.4) is 0 Å². The molecular formula is C43H24N2S2. The zero-order valence-electron chi connectivity index (χ0n) is 25.1. The zero-order chi connectivity index (χ0) is 31.1. The molecule has 10 rings (SSSR count). The lowest BCUT2D eigenvalue weighted by molar-refractivity contribution is 1.18. The molecule has 3 aromatic heterocycles. The third kappa shape index (κ3) is 3.88. The van der Waals surface area contributed by atoms with E-state index in [1.54, 1.807) is 0 Å². The maximum Gasteiger partial charge on any atom is 0.0998 e. The van der Waals surface area contributed by atoms with Crippen molar-refractivity contribution < 1.29 is 0 Å². The fourth-order valence-electron chi connectivity index (χ4n) is 7.37. The van der Waals surface area contributed by atoms with Gasteiger partial charge < -0.3 is 4.57 Å². The van der Waals surface area contributed by atoms with Gasteiger partial charge in [0.25, 0.3) is 0 Å². The summed E-state index contributed by atoms with van der Waals surface area (Å²) in [7, 11) is 0. The molecule has 47 heavy (non-hydrogen) atoms. The lowest BCUT2D eigenvalue weighted by Crippen LogP contribution is -1.99. The molecule has 0 aliphatic heterocycles. The number of hydrogen-bond donors (Lipinski definition) is 0. The van der Waals surface area contributed by atoms with Gasteiger partial charge in [0.2, 0.25) is 0 Å². The maximum absolute atomic E-state index is 10.4. The summed E-state index contributed by atoms with van der Waals surface area (Å²) >= 11 is 3.72. The Kier molecular flexibility index (Phi) is 5.71. The molecule has 0 aliphatic carbocycles. The van der Waals surface area contributed by atoms with Gasteiger partial charge in [-0.15, -0.1) is 22.7 Å². The first-order chi connectivity index (χ1) is 23.3. The number of thiophene rings is 2. The van der Waals surface area contributed by atoms with Crippen LogP contribution in [0.25, 0.3) is 90.1 Å². The molecule has 0 bridgehead atoms. The van der Waals surface area contributed by atoms with Gasteiger partial charge >= 0.3 is 0 Å². The Labute approximate surface area is 278 Å². The Morgan fingerprint density at radius 1 is 0.468 bits per heavy atom. The van der Waals surface area contributed by atoms with Gasteiger partial charge in [0.15, 0.2) is 0 Å². The van der Waals surface area contributed by atoms with Crippen molar-refractivity contribution in [1.29, 1.82) is 5.26 Å². The van der Waals surface area contributed by atoms with E-state index in [2.05, 4.69) is 144 Å². The van der Waals surface area contributed by atoms with Crippen molar-refractivity contribution in [3.05, 3.63) is 151 Å². The summed E-state index contributed by atoms with van der Waals surface area (Å²) < 4.78 is 7.49. The molecule has 218 valence electrons. The van der Waals surface area contributed by atoms with Gasteiger partial charge in [-0.1, -0.05) is 91.0 Å². The Bertz CT molecular complexity index is 2860. The first-order valence-electron chi connectivity index (χ1n) is 15.7. The summed E-state index contributed by atoms with van der Waals surface area (Å²) in [6.07, 6.45) is 0. The fraction of sp³-hybridized carbons (Fsp3) is 0. The van der Waals surface area contributed by atoms with Crippen LogP contribution in [0, 0.1) is 11.3 Å². The van der Waals surface area contributed by atoms with Crippen LogP contribution >= 0.6 is 22.7 Å². The largest absolute Gasteiger partial charge is 0.309 e. The number of hydrogen-bond acceptors (Lipinski definition) is 3. The molecule has 10 aromatic rings. The summed E-state index contributed by atoms with van der Waals surface area (Å²) in [5, 5.41) is 18.0. The lowest BCUT2D eigenvalue weighted by atomic mass is 9.96.